The molecule has 3 N–H and O–H groups in total. The quantitative estimate of drug-likeness (QED) is 0.630. The fourth-order valence-corrected chi connectivity index (χ4v) is 2.61. The molecule has 0 bridgehead atoms. The summed E-state index contributed by atoms with van der Waals surface area (Å²) in [6.45, 7) is 11.2. The molecule has 0 atom stereocenters. The van der Waals surface area contributed by atoms with E-state index in [0.29, 0.717) is 30.1 Å². The minimum atomic E-state index is -0.257. The zero-order valence-corrected chi connectivity index (χ0v) is 18.0. The van der Waals surface area contributed by atoms with Crippen LogP contribution < -0.4 is 20.7 Å². The molecule has 5 nitrogen and oxygen atoms in total. The number of aryl methyl sites for hydroxylation is 1. The summed E-state index contributed by atoms with van der Waals surface area (Å²) in [7, 11) is 1.59. The van der Waals surface area contributed by atoms with E-state index in [1.165, 1.54) is 0 Å². The monoisotopic (exact) mass is 385 g/mol. The van der Waals surface area contributed by atoms with Crippen LogP contribution in [-0.2, 0) is 13.0 Å². The Bertz CT molecular complexity index is 694. The lowest BCUT2D eigenvalue weighted by molar-refractivity contribution is 0.253. The third-order valence-electron chi connectivity index (χ3n) is 3.83. The first-order chi connectivity index (χ1) is 13.3. The SMILES string of the molecule is CC(C)NC(C)C.CCc1ccc(OCc2ccccc2)c(NC(=O)NC)c1. The molecule has 28 heavy (non-hydrogen) atoms. The summed E-state index contributed by atoms with van der Waals surface area (Å²) < 4.78 is 5.83. The van der Waals surface area contributed by atoms with Crippen LogP contribution in [0, 0.1) is 0 Å². The Morgan fingerprint density at radius 3 is 2.11 bits per heavy atom. The van der Waals surface area contributed by atoms with Crippen molar-refractivity contribution in [1.82, 2.24) is 10.6 Å². The van der Waals surface area contributed by atoms with Gasteiger partial charge in [-0.05, 0) is 29.7 Å². The van der Waals surface area contributed by atoms with E-state index in [9.17, 15) is 4.79 Å². The standard InChI is InChI=1S/C17H20N2O2.C6H15N/c1-3-13-9-10-16(15(11-13)19-17(20)18-2)21-12-14-7-5-4-6-8-14;1-5(2)7-6(3)4/h4-11H,3,12H2,1-2H3,(H2,18,19,20);5-7H,1-4H3. The lowest BCUT2D eigenvalue weighted by Gasteiger charge is -2.14. The van der Waals surface area contributed by atoms with Gasteiger partial charge in [-0.25, -0.2) is 4.79 Å². The van der Waals surface area contributed by atoms with Gasteiger partial charge in [0.2, 0.25) is 0 Å². The zero-order valence-electron chi connectivity index (χ0n) is 18.0. The van der Waals surface area contributed by atoms with Crippen LogP contribution in [0.5, 0.6) is 5.75 Å². The van der Waals surface area contributed by atoms with E-state index in [0.717, 1.165) is 17.5 Å². The molecule has 0 radical (unpaired) electrons. The molecular formula is C23H35N3O2. The number of carbonyl (C=O) groups excluding carboxylic acids is 1. The Hall–Kier alpha value is -2.53. The summed E-state index contributed by atoms with van der Waals surface area (Å²) in [5.74, 6) is 0.666. The van der Waals surface area contributed by atoms with Gasteiger partial charge >= 0.3 is 6.03 Å². The van der Waals surface area contributed by atoms with Crippen LogP contribution in [0.3, 0.4) is 0 Å². The highest BCUT2D eigenvalue weighted by molar-refractivity contribution is 5.90. The number of ether oxygens (including phenoxy) is 1. The van der Waals surface area contributed by atoms with Crippen molar-refractivity contribution in [2.24, 2.45) is 0 Å². The first-order valence-electron chi connectivity index (χ1n) is 9.90. The summed E-state index contributed by atoms with van der Waals surface area (Å²) in [5, 5.41) is 8.65. The average Bonchev–Trinajstić information content (AvgIpc) is 2.67. The molecule has 2 aromatic rings. The molecule has 2 aromatic carbocycles. The first-order valence-corrected chi connectivity index (χ1v) is 9.90. The summed E-state index contributed by atoms with van der Waals surface area (Å²) in [6, 6.07) is 16.8. The van der Waals surface area contributed by atoms with Gasteiger partial charge in [-0.1, -0.05) is 71.0 Å². The Labute approximate surface area is 169 Å². The summed E-state index contributed by atoms with van der Waals surface area (Å²) >= 11 is 0. The van der Waals surface area contributed by atoms with Crippen molar-refractivity contribution >= 4 is 11.7 Å². The molecule has 0 aliphatic carbocycles. The number of benzene rings is 2. The van der Waals surface area contributed by atoms with Gasteiger partial charge in [0.1, 0.15) is 12.4 Å². The highest BCUT2D eigenvalue weighted by Gasteiger charge is 2.08. The van der Waals surface area contributed by atoms with Crippen LogP contribution in [-0.4, -0.2) is 25.2 Å². The van der Waals surface area contributed by atoms with Crippen molar-refractivity contribution in [2.75, 3.05) is 12.4 Å². The summed E-state index contributed by atoms with van der Waals surface area (Å²) in [5.41, 5.74) is 2.92. The van der Waals surface area contributed by atoms with Crippen LogP contribution in [0.4, 0.5) is 10.5 Å². The van der Waals surface area contributed by atoms with Gasteiger partial charge in [0.25, 0.3) is 0 Å². The maximum atomic E-state index is 11.5. The Kier molecular flexibility index (Phi) is 10.7. The van der Waals surface area contributed by atoms with Crippen LogP contribution in [0.25, 0.3) is 0 Å². The topological polar surface area (TPSA) is 62.4 Å². The molecule has 2 rings (SSSR count). The molecule has 0 saturated carbocycles. The van der Waals surface area contributed by atoms with Crippen molar-refractivity contribution in [1.29, 1.82) is 0 Å². The lowest BCUT2D eigenvalue weighted by Crippen LogP contribution is -2.29. The van der Waals surface area contributed by atoms with Crippen LogP contribution >= 0.6 is 0 Å². The van der Waals surface area contributed by atoms with Gasteiger partial charge in [0.05, 0.1) is 5.69 Å². The van der Waals surface area contributed by atoms with Gasteiger partial charge < -0.3 is 20.7 Å². The predicted octanol–water partition coefficient (Wildman–Crippen LogP) is 4.97. The number of amides is 2. The van der Waals surface area contributed by atoms with E-state index in [1.807, 2.05) is 48.5 Å². The van der Waals surface area contributed by atoms with Crippen molar-refractivity contribution < 1.29 is 9.53 Å². The summed E-state index contributed by atoms with van der Waals surface area (Å²) in [4.78, 5) is 11.5. The van der Waals surface area contributed by atoms with Crippen molar-refractivity contribution in [3.05, 3.63) is 59.7 Å². The number of rotatable bonds is 7. The highest BCUT2D eigenvalue weighted by Crippen LogP contribution is 2.27. The Morgan fingerprint density at radius 2 is 1.61 bits per heavy atom. The third kappa shape index (κ3) is 9.42. The highest BCUT2D eigenvalue weighted by atomic mass is 16.5. The van der Waals surface area contributed by atoms with Crippen molar-refractivity contribution in [3.8, 4) is 5.75 Å². The van der Waals surface area contributed by atoms with Gasteiger partial charge in [-0.3, -0.25) is 0 Å². The van der Waals surface area contributed by atoms with Crippen LogP contribution in [0.1, 0.15) is 45.7 Å². The largest absolute Gasteiger partial charge is 0.487 e. The molecule has 0 spiro atoms. The van der Waals surface area contributed by atoms with Gasteiger partial charge in [-0.2, -0.15) is 0 Å². The lowest BCUT2D eigenvalue weighted by atomic mass is 10.1. The summed E-state index contributed by atoms with van der Waals surface area (Å²) in [6.07, 6.45) is 0.904. The second-order valence-corrected chi connectivity index (χ2v) is 7.14. The first kappa shape index (κ1) is 23.5. The molecule has 154 valence electrons. The van der Waals surface area contributed by atoms with E-state index in [2.05, 4.69) is 50.6 Å². The molecule has 0 aliphatic rings. The van der Waals surface area contributed by atoms with E-state index in [1.54, 1.807) is 7.05 Å². The number of hydrogen-bond acceptors (Lipinski definition) is 3. The second-order valence-electron chi connectivity index (χ2n) is 7.14. The smallest absolute Gasteiger partial charge is 0.319 e. The van der Waals surface area contributed by atoms with Crippen LogP contribution in [0.15, 0.2) is 48.5 Å². The number of carbonyl (C=O) groups is 1. The van der Waals surface area contributed by atoms with Gasteiger partial charge in [0, 0.05) is 19.1 Å². The number of anilines is 1. The maximum absolute atomic E-state index is 11.5. The fraction of sp³-hybridized carbons (Fsp3) is 0.435. The van der Waals surface area contributed by atoms with E-state index in [-0.39, 0.29) is 6.03 Å². The zero-order chi connectivity index (χ0) is 20.9. The second kappa shape index (κ2) is 12.8. The van der Waals surface area contributed by atoms with Gasteiger partial charge in [-0.15, -0.1) is 0 Å². The molecule has 0 heterocycles. The molecule has 0 saturated heterocycles. The number of hydrogen-bond donors (Lipinski definition) is 3. The third-order valence-corrected chi connectivity index (χ3v) is 3.83. The fourth-order valence-electron chi connectivity index (χ4n) is 2.61. The van der Waals surface area contributed by atoms with Crippen LogP contribution in [0.2, 0.25) is 0 Å². The van der Waals surface area contributed by atoms with E-state index < -0.39 is 0 Å². The van der Waals surface area contributed by atoms with Gasteiger partial charge in [0.15, 0.2) is 0 Å². The van der Waals surface area contributed by atoms with E-state index >= 15 is 0 Å². The van der Waals surface area contributed by atoms with E-state index in [4.69, 9.17) is 4.74 Å². The number of nitrogens with one attached hydrogen (secondary N) is 3. The molecule has 2 amide bonds. The average molecular weight is 386 g/mol. The minimum Gasteiger partial charge on any atom is -0.487 e. The molecule has 0 fully saturated rings. The van der Waals surface area contributed by atoms with Crippen molar-refractivity contribution in [3.63, 3.8) is 0 Å². The molecule has 0 aromatic heterocycles. The van der Waals surface area contributed by atoms with Crippen molar-refractivity contribution in [2.45, 2.75) is 59.7 Å². The molecule has 5 heteroatoms. The maximum Gasteiger partial charge on any atom is 0.319 e. The number of urea groups is 1. The Balaban J connectivity index is 0.000000480. The Morgan fingerprint density at radius 1 is 0.964 bits per heavy atom. The minimum absolute atomic E-state index is 0.257. The molecular weight excluding hydrogens is 350 g/mol. The molecule has 0 aliphatic heterocycles. The molecule has 0 unspecified atom stereocenters. The predicted molar refractivity (Wildman–Crippen MR) is 118 cm³/mol. The normalized spacial score (nSPS) is 10.3.